The van der Waals surface area contributed by atoms with E-state index in [4.69, 9.17) is 12.2 Å². The van der Waals surface area contributed by atoms with Gasteiger partial charge in [0.15, 0.2) is 0 Å². The first-order valence-corrected chi connectivity index (χ1v) is 14.2. The molecule has 158 valence electrons. The minimum absolute atomic E-state index is 0.781. The first kappa shape index (κ1) is 25.8. The molecule has 0 bridgehead atoms. The number of rotatable bonds is 16. The zero-order chi connectivity index (χ0) is 19.7. The van der Waals surface area contributed by atoms with Crippen LogP contribution in [0.2, 0.25) is 0 Å². The van der Waals surface area contributed by atoms with Crippen molar-refractivity contribution in [1.29, 1.82) is 0 Å². The third kappa shape index (κ3) is 12.8. The van der Waals surface area contributed by atoms with Crippen LogP contribution < -0.4 is 0 Å². The van der Waals surface area contributed by atoms with E-state index in [2.05, 4.69) is 35.3 Å². The Bertz CT molecular complexity index is 402. The van der Waals surface area contributed by atoms with Crippen LogP contribution >= 0.6 is 60.5 Å². The number of hydrogen-bond donors (Lipinski definition) is 1. The summed E-state index contributed by atoms with van der Waals surface area (Å²) in [6.07, 6.45) is 16.0. The maximum Gasteiger partial charge on any atom is 0.213 e. The molecule has 0 aromatic rings. The molecule has 8 heteroatoms. The number of unbranched alkanes of at least 4 members (excludes halogenated alkanes) is 10. The summed E-state index contributed by atoms with van der Waals surface area (Å²) >= 11 is 15.4. The molecule has 0 fully saturated rings. The highest BCUT2D eigenvalue weighted by atomic mass is 32.2. The molecule has 0 aromatic heterocycles. The summed E-state index contributed by atoms with van der Waals surface area (Å²) in [5.41, 5.74) is 0. The maximum absolute atomic E-state index is 5.71. The van der Waals surface area contributed by atoms with Crippen molar-refractivity contribution in [3.8, 4) is 0 Å². The number of thiocarbonyl (C=S) groups is 1. The number of hydrogen-bond acceptors (Lipinski definition) is 5. The summed E-state index contributed by atoms with van der Waals surface area (Å²) in [5.74, 6) is 3.05. The van der Waals surface area contributed by atoms with Crippen molar-refractivity contribution in [3.05, 3.63) is 0 Å². The van der Waals surface area contributed by atoms with Gasteiger partial charge in [-0.1, -0.05) is 89.8 Å². The largest absolute Gasteiger partial charge is 0.232 e. The third-order valence-electron chi connectivity index (χ3n) is 4.31. The van der Waals surface area contributed by atoms with E-state index in [1.165, 1.54) is 77.0 Å². The zero-order valence-corrected chi connectivity index (χ0v) is 21.2. The van der Waals surface area contributed by atoms with Gasteiger partial charge in [0.2, 0.25) is 5.11 Å². The topological polar surface area (TPSA) is 18.8 Å². The molecule has 0 amide bonds. The van der Waals surface area contributed by atoms with E-state index in [0.29, 0.717) is 0 Å². The van der Waals surface area contributed by atoms with Crippen LogP contribution in [0.5, 0.6) is 0 Å². The lowest BCUT2D eigenvalue weighted by atomic mass is 10.1. The van der Waals surface area contributed by atoms with Gasteiger partial charge in [-0.15, -0.1) is 12.6 Å². The minimum Gasteiger partial charge on any atom is -0.232 e. The highest BCUT2D eigenvalue weighted by molar-refractivity contribution is 8.32. The Morgan fingerprint density at radius 1 is 0.963 bits per heavy atom. The highest BCUT2D eigenvalue weighted by Gasteiger charge is 2.22. The Labute approximate surface area is 191 Å². The van der Waals surface area contributed by atoms with E-state index in [1.54, 1.807) is 11.8 Å². The molecule has 1 aliphatic heterocycles. The molecule has 0 aliphatic carbocycles. The van der Waals surface area contributed by atoms with Crippen LogP contribution in [-0.2, 0) is 0 Å². The van der Waals surface area contributed by atoms with Crippen LogP contribution in [0.15, 0.2) is 5.10 Å². The van der Waals surface area contributed by atoms with Gasteiger partial charge in [-0.25, -0.2) is 8.72 Å². The Morgan fingerprint density at radius 2 is 1.44 bits per heavy atom. The van der Waals surface area contributed by atoms with Crippen molar-refractivity contribution in [2.75, 3.05) is 17.4 Å². The predicted molar refractivity (Wildman–Crippen MR) is 137 cm³/mol. The third-order valence-corrected chi connectivity index (χ3v) is 8.52. The fraction of sp³-hybridized carbons (Fsp3) is 0.895. The van der Waals surface area contributed by atoms with Crippen LogP contribution in [-0.4, -0.2) is 35.6 Å². The molecule has 0 spiro atoms. The second kappa shape index (κ2) is 17.6. The van der Waals surface area contributed by atoms with Crippen molar-refractivity contribution in [2.24, 2.45) is 5.10 Å². The van der Waals surface area contributed by atoms with Crippen LogP contribution in [0, 0.1) is 0 Å². The van der Waals surface area contributed by atoms with E-state index in [-0.39, 0.29) is 0 Å². The van der Waals surface area contributed by atoms with E-state index >= 15 is 0 Å². The van der Waals surface area contributed by atoms with Crippen molar-refractivity contribution in [3.63, 3.8) is 0 Å². The summed E-state index contributed by atoms with van der Waals surface area (Å²) in [6, 6.07) is 0. The molecule has 0 saturated carbocycles. The lowest BCUT2D eigenvalue weighted by Crippen LogP contribution is -2.31. The second-order valence-electron chi connectivity index (χ2n) is 6.80. The Balaban J connectivity index is 2.29. The SMILES string of the molecule is CCCCCCCCSN(SCCCCCCCC)C(=S)N1CSC(S)=N1. The number of thiol groups is 1. The van der Waals surface area contributed by atoms with Gasteiger partial charge >= 0.3 is 0 Å². The van der Waals surface area contributed by atoms with Crippen LogP contribution in [0.3, 0.4) is 0 Å². The van der Waals surface area contributed by atoms with E-state index in [9.17, 15) is 0 Å². The summed E-state index contributed by atoms with van der Waals surface area (Å²) in [4.78, 5) is 0. The zero-order valence-electron chi connectivity index (χ0n) is 17.0. The molecular formula is C19H37N3S5. The van der Waals surface area contributed by atoms with Crippen molar-refractivity contribution < 1.29 is 0 Å². The first-order valence-electron chi connectivity index (χ1n) is 10.5. The summed E-state index contributed by atoms with van der Waals surface area (Å²) in [5, 5.41) is 7.16. The fourth-order valence-corrected chi connectivity index (χ4v) is 6.19. The van der Waals surface area contributed by atoms with Gasteiger partial charge in [0.1, 0.15) is 4.38 Å². The standard InChI is InChI=1S/C19H37N3S5/c1-3-5-7-9-11-13-15-26-22(19(24)21-17-25-18(23)20-21)27-16-14-12-10-8-6-4-2/h3-17H2,1-2H3,(H,20,23). The van der Waals surface area contributed by atoms with Crippen molar-refractivity contribution in [2.45, 2.75) is 90.9 Å². The lowest BCUT2D eigenvalue weighted by Gasteiger charge is -2.26. The average molecular weight is 468 g/mol. The molecule has 3 nitrogen and oxygen atoms in total. The van der Waals surface area contributed by atoms with Gasteiger partial charge in [0, 0.05) is 11.5 Å². The summed E-state index contributed by atoms with van der Waals surface area (Å²) in [6.45, 7) is 4.54. The number of thioether (sulfide) groups is 1. The quantitative estimate of drug-likeness (QED) is 0.107. The molecule has 1 heterocycles. The van der Waals surface area contributed by atoms with E-state index in [1.807, 2.05) is 28.9 Å². The fourth-order valence-electron chi connectivity index (χ4n) is 2.68. The summed E-state index contributed by atoms with van der Waals surface area (Å²) < 4.78 is 3.03. The van der Waals surface area contributed by atoms with Crippen LogP contribution in [0.1, 0.15) is 90.9 Å². The smallest absolute Gasteiger partial charge is 0.213 e. The van der Waals surface area contributed by atoms with Crippen molar-refractivity contribution >= 4 is 70.0 Å². The Hall–Kier alpha value is 0.760. The molecule has 1 rings (SSSR count). The Morgan fingerprint density at radius 3 is 1.89 bits per heavy atom. The van der Waals surface area contributed by atoms with Gasteiger partial charge in [-0.2, -0.15) is 5.10 Å². The highest BCUT2D eigenvalue weighted by Crippen LogP contribution is 2.30. The van der Waals surface area contributed by atoms with E-state index in [0.717, 1.165) is 26.9 Å². The number of nitrogens with zero attached hydrogens (tertiary/aromatic N) is 3. The van der Waals surface area contributed by atoms with Gasteiger partial charge in [0.25, 0.3) is 0 Å². The normalized spacial score (nSPS) is 13.9. The molecular weight excluding hydrogens is 431 g/mol. The predicted octanol–water partition coefficient (Wildman–Crippen LogP) is 7.80. The molecule has 0 radical (unpaired) electrons. The Kier molecular flexibility index (Phi) is 16.8. The molecule has 0 saturated heterocycles. The van der Waals surface area contributed by atoms with Gasteiger partial charge in [0.05, 0.1) is 5.88 Å². The molecule has 0 aromatic carbocycles. The van der Waals surface area contributed by atoms with Gasteiger partial charge in [-0.3, -0.25) is 0 Å². The molecule has 0 atom stereocenters. The summed E-state index contributed by atoms with van der Waals surface area (Å²) in [7, 11) is 0. The van der Waals surface area contributed by atoms with Gasteiger partial charge < -0.3 is 0 Å². The molecule has 0 unspecified atom stereocenters. The lowest BCUT2D eigenvalue weighted by molar-refractivity contribution is 0.521. The van der Waals surface area contributed by atoms with Crippen molar-refractivity contribution in [1.82, 2.24) is 8.72 Å². The van der Waals surface area contributed by atoms with Crippen LogP contribution in [0.4, 0.5) is 0 Å². The molecule has 27 heavy (non-hydrogen) atoms. The average Bonchev–Trinajstić information content (AvgIpc) is 3.10. The number of hydrazone groups is 1. The minimum atomic E-state index is 0.781. The second-order valence-corrected chi connectivity index (χ2v) is 11.1. The maximum atomic E-state index is 5.71. The first-order chi connectivity index (χ1) is 13.2. The van der Waals surface area contributed by atoms with Gasteiger partial charge in [-0.05, 0) is 49.0 Å². The molecule has 0 N–H and O–H groups in total. The van der Waals surface area contributed by atoms with Crippen LogP contribution in [0.25, 0.3) is 0 Å². The van der Waals surface area contributed by atoms with E-state index < -0.39 is 0 Å². The molecule has 1 aliphatic rings. The monoisotopic (exact) mass is 467 g/mol.